The first-order valence-electron chi connectivity index (χ1n) is 8.89. The number of aromatic amines is 1. The third-order valence-electron chi connectivity index (χ3n) is 6.39. The molecule has 124 valence electrons. The zero-order valence-electron chi connectivity index (χ0n) is 13.5. The maximum absolute atomic E-state index is 12.9. The molecule has 4 bridgehead atoms. The zero-order valence-corrected chi connectivity index (χ0v) is 13.5. The Morgan fingerprint density at radius 2 is 1.71 bits per heavy atom. The fourth-order valence-corrected chi connectivity index (χ4v) is 5.79. The molecule has 1 aromatic carbocycles. The predicted octanol–water partition coefficient (Wildman–Crippen LogP) is 4.70. The Morgan fingerprint density at radius 1 is 1.08 bits per heavy atom. The molecule has 4 saturated carbocycles. The van der Waals surface area contributed by atoms with Crippen molar-refractivity contribution in [2.75, 3.05) is 0 Å². The third kappa shape index (κ3) is 2.03. The van der Waals surface area contributed by atoms with Gasteiger partial charge < -0.3 is 10.1 Å². The molecule has 0 spiro atoms. The number of H-pyrrole nitrogens is 1. The number of rotatable bonds is 2. The summed E-state index contributed by atoms with van der Waals surface area (Å²) >= 11 is 0. The molecule has 2 N–H and O–H groups in total. The van der Waals surface area contributed by atoms with Crippen molar-refractivity contribution in [1.82, 2.24) is 4.98 Å². The highest BCUT2D eigenvalue weighted by Gasteiger charge is 2.54. The molecule has 4 aliphatic rings. The van der Waals surface area contributed by atoms with Crippen LogP contribution in [0, 0.1) is 23.2 Å². The van der Waals surface area contributed by atoms with Gasteiger partial charge >= 0.3 is 0 Å². The number of azo groups is 1. The van der Waals surface area contributed by atoms with Crippen LogP contribution in [-0.4, -0.2) is 16.0 Å². The molecule has 1 amide bonds. The number of nitrogens with zero attached hydrogens (tertiary/aromatic N) is 2. The van der Waals surface area contributed by atoms with E-state index < -0.39 is 0 Å². The Labute approximate surface area is 140 Å². The molecule has 0 aliphatic heterocycles. The average Bonchev–Trinajstić information content (AvgIpc) is 2.86. The maximum Gasteiger partial charge on any atom is 0.270 e. The van der Waals surface area contributed by atoms with Crippen LogP contribution in [0.25, 0.3) is 10.9 Å². The van der Waals surface area contributed by atoms with Crippen LogP contribution in [0.5, 0.6) is 5.88 Å². The normalized spacial score (nSPS) is 34.4. The molecule has 24 heavy (non-hydrogen) atoms. The summed E-state index contributed by atoms with van der Waals surface area (Å²) in [6.07, 6.45) is 6.84. The van der Waals surface area contributed by atoms with Crippen molar-refractivity contribution in [3.8, 4) is 5.88 Å². The van der Waals surface area contributed by atoms with Gasteiger partial charge in [0.25, 0.3) is 5.91 Å². The number of fused-ring (bicyclic) bond motifs is 1. The number of aromatic nitrogens is 1. The molecule has 1 aromatic heterocycles. The minimum Gasteiger partial charge on any atom is -0.493 e. The zero-order chi connectivity index (χ0) is 16.3. The first kappa shape index (κ1) is 14.2. The summed E-state index contributed by atoms with van der Waals surface area (Å²) in [5, 5.41) is 19.1. The molecule has 1 heterocycles. The molecule has 4 aliphatic carbocycles. The number of hydrogen-bond acceptors (Lipinski definition) is 3. The van der Waals surface area contributed by atoms with Crippen molar-refractivity contribution in [3.05, 3.63) is 24.3 Å². The molecule has 5 heteroatoms. The number of para-hydroxylation sites is 1. The standard InChI is InChI=1S/C19H21N3O2/c23-17-16(14-3-1-2-4-15(14)20-17)21-22-18(24)19-8-11-5-12(9-19)7-13(6-11)10-19/h1-4,11-13,20,23H,5-10H2. The minimum absolute atomic E-state index is 0.0294. The Morgan fingerprint density at radius 3 is 2.38 bits per heavy atom. The van der Waals surface area contributed by atoms with E-state index in [0.717, 1.165) is 30.2 Å². The van der Waals surface area contributed by atoms with Crippen LogP contribution in [0.4, 0.5) is 5.69 Å². The SMILES string of the molecule is O=C(N=Nc1c(O)[nH]c2ccccc12)C12CC3CC(CC(C3)C1)C2. The number of carbonyl (C=O) groups excluding carboxylic acids is 1. The van der Waals surface area contributed by atoms with Crippen molar-refractivity contribution in [2.24, 2.45) is 33.4 Å². The van der Waals surface area contributed by atoms with Gasteiger partial charge in [0.15, 0.2) is 5.69 Å². The highest BCUT2D eigenvalue weighted by molar-refractivity contribution is 5.94. The van der Waals surface area contributed by atoms with E-state index in [1.165, 1.54) is 19.3 Å². The minimum atomic E-state index is -0.278. The monoisotopic (exact) mass is 323 g/mol. The van der Waals surface area contributed by atoms with Gasteiger partial charge in [0.2, 0.25) is 5.88 Å². The molecule has 6 rings (SSSR count). The second-order valence-electron chi connectivity index (χ2n) is 8.07. The molecular formula is C19H21N3O2. The van der Waals surface area contributed by atoms with Crippen molar-refractivity contribution < 1.29 is 9.90 Å². The lowest BCUT2D eigenvalue weighted by Crippen LogP contribution is -2.49. The number of nitrogens with one attached hydrogen (secondary N) is 1. The van der Waals surface area contributed by atoms with Gasteiger partial charge in [-0.1, -0.05) is 18.2 Å². The van der Waals surface area contributed by atoms with E-state index in [4.69, 9.17) is 0 Å². The Kier molecular flexibility index (Phi) is 2.91. The lowest BCUT2D eigenvalue weighted by Gasteiger charge is -2.54. The van der Waals surface area contributed by atoms with Gasteiger partial charge in [0.1, 0.15) is 0 Å². The first-order chi connectivity index (χ1) is 11.6. The van der Waals surface area contributed by atoms with E-state index in [0.29, 0.717) is 23.4 Å². The van der Waals surface area contributed by atoms with Gasteiger partial charge in [-0.05, 0) is 62.3 Å². The first-order valence-corrected chi connectivity index (χ1v) is 8.89. The molecule has 5 nitrogen and oxygen atoms in total. The molecule has 0 atom stereocenters. The number of carbonyl (C=O) groups is 1. The van der Waals surface area contributed by atoms with E-state index in [-0.39, 0.29) is 17.2 Å². The third-order valence-corrected chi connectivity index (χ3v) is 6.39. The molecule has 0 radical (unpaired) electrons. The second kappa shape index (κ2) is 4.91. The van der Waals surface area contributed by atoms with E-state index >= 15 is 0 Å². The summed E-state index contributed by atoms with van der Waals surface area (Å²) in [6.45, 7) is 0. The number of hydrogen-bond donors (Lipinski definition) is 2. The summed E-state index contributed by atoms with van der Waals surface area (Å²) in [5.74, 6) is 2.01. The van der Waals surface area contributed by atoms with Crippen LogP contribution in [0.3, 0.4) is 0 Å². The fraction of sp³-hybridized carbons (Fsp3) is 0.526. The van der Waals surface area contributed by atoms with Gasteiger partial charge in [-0.15, -0.1) is 10.2 Å². The summed E-state index contributed by atoms with van der Waals surface area (Å²) < 4.78 is 0. The van der Waals surface area contributed by atoms with Gasteiger partial charge in [0.05, 0.1) is 10.9 Å². The van der Waals surface area contributed by atoms with E-state index in [1.807, 2.05) is 24.3 Å². The van der Waals surface area contributed by atoms with Crippen LogP contribution in [0.15, 0.2) is 34.5 Å². The molecule has 2 aromatic rings. The van der Waals surface area contributed by atoms with E-state index in [1.54, 1.807) is 0 Å². The number of amides is 1. The number of aromatic hydroxyl groups is 1. The predicted molar refractivity (Wildman–Crippen MR) is 90.1 cm³/mol. The van der Waals surface area contributed by atoms with Gasteiger partial charge in [-0.2, -0.15) is 0 Å². The lowest BCUT2D eigenvalue weighted by molar-refractivity contribution is -0.142. The largest absolute Gasteiger partial charge is 0.493 e. The van der Waals surface area contributed by atoms with Crippen molar-refractivity contribution in [3.63, 3.8) is 0 Å². The average molecular weight is 323 g/mol. The van der Waals surface area contributed by atoms with Gasteiger partial charge in [-0.3, -0.25) is 4.79 Å². The van der Waals surface area contributed by atoms with Gasteiger partial charge in [-0.25, -0.2) is 0 Å². The van der Waals surface area contributed by atoms with E-state index in [9.17, 15) is 9.90 Å². The highest BCUT2D eigenvalue weighted by Crippen LogP contribution is 2.60. The maximum atomic E-state index is 12.9. The quantitative estimate of drug-likeness (QED) is 0.786. The lowest BCUT2D eigenvalue weighted by atomic mass is 9.49. The van der Waals surface area contributed by atoms with Crippen molar-refractivity contribution in [1.29, 1.82) is 0 Å². The van der Waals surface area contributed by atoms with Crippen LogP contribution in [0.2, 0.25) is 0 Å². The molecular weight excluding hydrogens is 302 g/mol. The van der Waals surface area contributed by atoms with E-state index in [2.05, 4.69) is 15.2 Å². The topological polar surface area (TPSA) is 77.8 Å². The number of benzene rings is 1. The summed E-state index contributed by atoms with van der Waals surface area (Å²) in [7, 11) is 0. The van der Waals surface area contributed by atoms with Crippen molar-refractivity contribution >= 4 is 22.5 Å². The smallest absolute Gasteiger partial charge is 0.270 e. The van der Waals surface area contributed by atoms with Crippen molar-refractivity contribution in [2.45, 2.75) is 38.5 Å². The van der Waals surface area contributed by atoms with Gasteiger partial charge in [0, 0.05) is 5.39 Å². The van der Waals surface area contributed by atoms with Crippen LogP contribution < -0.4 is 0 Å². The molecule has 4 fully saturated rings. The second-order valence-corrected chi connectivity index (χ2v) is 8.07. The Balaban J connectivity index is 1.46. The Bertz CT molecular complexity index is 816. The summed E-state index contributed by atoms with van der Waals surface area (Å²) in [5.41, 5.74) is 0.884. The Hall–Kier alpha value is -2.17. The fourth-order valence-electron chi connectivity index (χ4n) is 5.79. The summed E-state index contributed by atoms with van der Waals surface area (Å²) in [4.78, 5) is 15.8. The van der Waals surface area contributed by atoms with Crippen LogP contribution in [-0.2, 0) is 4.79 Å². The van der Waals surface area contributed by atoms with Crippen LogP contribution in [0.1, 0.15) is 38.5 Å². The summed E-state index contributed by atoms with van der Waals surface area (Å²) in [6, 6.07) is 7.51. The molecule has 0 saturated heterocycles. The molecule has 0 unspecified atom stereocenters. The highest BCUT2D eigenvalue weighted by atomic mass is 16.3. The van der Waals surface area contributed by atoms with Crippen LogP contribution >= 0.6 is 0 Å².